The van der Waals surface area contributed by atoms with E-state index >= 15 is 0 Å². The van der Waals surface area contributed by atoms with Gasteiger partial charge in [0.1, 0.15) is 18.3 Å². The van der Waals surface area contributed by atoms with Gasteiger partial charge in [0.2, 0.25) is 11.8 Å². The minimum Gasteiger partial charge on any atom is -0.495 e. The smallest absolute Gasteiger partial charge is 0.265 e. The number of amides is 2. The maximum atomic E-state index is 14.3. The highest BCUT2D eigenvalue weighted by atomic mass is 35.5. The Morgan fingerprint density at radius 2 is 1.57 bits per heavy atom. The molecule has 0 aliphatic heterocycles. The zero-order valence-electron chi connectivity index (χ0n) is 26.1. The van der Waals surface area contributed by atoms with Crippen LogP contribution in [0.25, 0.3) is 0 Å². The first-order valence-electron chi connectivity index (χ1n) is 14.1. The summed E-state index contributed by atoms with van der Waals surface area (Å²) in [4.78, 5) is 28.9. The topological polar surface area (TPSA) is 114 Å². The van der Waals surface area contributed by atoms with Crippen LogP contribution in [-0.2, 0) is 26.2 Å². The highest BCUT2D eigenvalue weighted by molar-refractivity contribution is 7.92. The third kappa shape index (κ3) is 8.15. The van der Waals surface area contributed by atoms with Crippen molar-refractivity contribution in [1.29, 1.82) is 0 Å². The van der Waals surface area contributed by atoms with Gasteiger partial charge >= 0.3 is 0 Å². The molecule has 12 heteroatoms. The number of methoxy groups -OCH3 is 3. The zero-order valence-corrected chi connectivity index (χ0v) is 27.7. The maximum Gasteiger partial charge on any atom is 0.265 e. The van der Waals surface area contributed by atoms with E-state index in [1.54, 1.807) is 13.0 Å². The molecule has 0 unspecified atom stereocenters. The SMILES string of the molecule is CC[C@@H](C(=O)NC(C)C)N(Cc1cccc(C)c1)C(=O)CN(c1cc(Cl)ccc1OC)S(=O)(=O)c1ccc(OC)c(OC)c1. The van der Waals surface area contributed by atoms with Gasteiger partial charge in [-0.3, -0.25) is 13.9 Å². The van der Waals surface area contributed by atoms with Gasteiger partial charge in [0.25, 0.3) is 10.0 Å². The first kappa shape index (κ1) is 34.5. The van der Waals surface area contributed by atoms with Crippen LogP contribution in [0.15, 0.2) is 65.6 Å². The van der Waals surface area contributed by atoms with Crippen molar-refractivity contribution < 1.29 is 32.2 Å². The van der Waals surface area contributed by atoms with Crippen LogP contribution in [0.3, 0.4) is 0 Å². The van der Waals surface area contributed by atoms with Crippen LogP contribution in [0.1, 0.15) is 38.3 Å². The van der Waals surface area contributed by atoms with Gasteiger partial charge in [-0.15, -0.1) is 0 Å². The van der Waals surface area contributed by atoms with Gasteiger partial charge in [-0.05, 0) is 63.1 Å². The highest BCUT2D eigenvalue weighted by Crippen LogP contribution is 2.37. The average molecular weight is 646 g/mol. The number of hydrogen-bond donors (Lipinski definition) is 1. The molecule has 0 aromatic heterocycles. The van der Waals surface area contributed by atoms with E-state index in [4.69, 9.17) is 25.8 Å². The Morgan fingerprint density at radius 1 is 0.909 bits per heavy atom. The molecule has 3 rings (SSSR count). The number of benzene rings is 3. The fourth-order valence-electron chi connectivity index (χ4n) is 4.78. The molecule has 10 nitrogen and oxygen atoms in total. The number of halogens is 1. The van der Waals surface area contributed by atoms with E-state index in [-0.39, 0.29) is 45.6 Å². The van der Waals surface area contributed by atoms with Crippen LogP contribution < -0.4 is 23.8 Å². The quantitative estimate of drug-likeness (QED) is 0.256. The van der Waals surface area contributed by atoms with Crippen molar-refractivity contribution in [2.24, 2.45) is 0 Å². The fourth-order valence-corrected chi connectivity index (χ4v) is 6.38. The number of ether oxygens (including phenoxy) is 3. The molecule has 0 heterocycles. The van der Waals surface area contributed by atoms with Gasteiger partial charge in [0.05, 0.1) is 31.9 Å². The molecule has 0 saturated carbocycles. The number of aryl methyl sites for hydroxylation is 1. The van der Waals surface area contributed by atoms with Gasteiger partial charge in [-0.25, -0.2) is 8.42 Å². The Hall–Kier alpha value is -3.96. The second kappa shape index (κ2) is 15.2. The van der Waals surface area contributed by atoms with Crippen LogP contribution in [0.2, 0.25) is 5.02 Å². The van der Waals surface area contributed by atoms with E-state index in [9.17, 15) is 18.0 Å². The minimum atomic E-state index is -4.43. The molecule has 0 aliphatic carbocycles. The summed E-state index contributed by atoms with van der Waals surface area (Å²) in [6, 6.07) is 15.2. The third-order valence-corrected chi connectivity index (χ3v) is 8.87. The molecular weight excluding hydrogens is 606 g/mol. The molecule has 3 aromatic carbocycles. The lowest BCUT2D eigenvalue weighted by Gasteiger charge is -2.34. The molecule has 3 aromatic rings. The molecule has 0 fully saturated rings. The van der Waals surface area contributed by atoms with Crippen molar-refractivity contribution in [3.63, 3.8) is 0 Å². The lowest BCUT2D eigenvalue weighted by atomic mass is 10.1. The van der Waals surface area contributed by atoms with E-state index in [0.29, 0.717) is 12.2 Å². The highest BCUT2D eigenvalue weighted by Gasteiger charge is 2.35. The number of carbonyl (C=O) groups excluding carboxylic acids is 2. The van der Waals surface area contributed by atoms with E-state index in [0.717, 1.165) is 15.4 Å². The predicted octanol–water partition coefficient (Wildman–Crippen LogP) is 5.20. The maximum absolute atomic E-state index is 14.3. The van der Waals surface area contributed by atoms with E-state index < -0.39 is 28.5 Å². The standard InChI is InChI=1S/C32H40ClN3O7S/c1-8-26(32(38)34-21(2)3)35(19-23-11-9-10-22(4)16-23)31(37)20-36(27-17-24(33)12-14-28(27)41-5)44(39,40)25-13-15-29(42-6)30(18-25)43-7/h9-18,21,26H,8,19-20H2,1-7H3,(H,34,38)/t26-/m0/s1. The fraction of sp³-hybridized carbons (Fsp3) is 0.375. The number of hydrogen-bond acceptors (Lipinski definition) is 7. The molecule has 238 valence electrons. The van der Waals surface area contributed by atoms with Gasteiger partial charge in [-0.2, -0.15) is 0 Å². The average Bonchev–Trinajstić information content (AvgIpc) is 2.98. The summed E-state index contributed by atoms with van der Waals surface area (Å²) in [6.07, 6.45) is 0.305. The number of anilines is 1. The van der Waals surface area contributed by atoms with Gasteiger partial charge < -0.3 is 24.4 Å². The summed E-state index contributed by atoms with van der Waals surface area (Å²) in [5, 5.41) is 3.12. The molecule has 2 amide bonds. The normalized spacial score (nSPS) is 11.9. The molecular formula is C32H40ClN3O7S. The van der Waals surface area contributed by atoms with Crippen LogP contribution in [-0.4, -0.2) is 65.1 Å². The molecule has 0 saturated heterocycles. The number of carbonyl (C=O) groups is 2. The lowest BCUT2D eigenvalue weighted by Crippen LogP contribution is -2.53. The van der Waals surface area contributed by atoms with Gasteiger partial charge in [0.15, 0.2) is 11.5 Å². The van der Waals surface area contributed by atoms with E-state index in [2.05, 4.69) is 5.32 Å². The molecule has 44 heavy (non-hydrogen) atoms. The number of sulfonamides is 1. The van der Waals surface area contributed by atoms with Gasteiger partial charge in [0, 0.05) is 23.7 Å². The lowest BCUT2D eigenvalue weighted by molar-refractivity contribution is -0.140. The molecule has 1 atom stereocenters. The van der Waals surface area contributed by atoms with Crippen LogP contribution in [0.4, 0.5) is 5.69 Å². The summed E-state index contributed by atoms with van der Waals surface area (Å²) in [6.45, 7) is 6.84. The van der Waals surface area contributed by atoms with Crippen molar-refractivity contribution in [1.82, 2.24) is 10.2 Å². The Balaban J connectivity index is 2.18. The van der Waals surface area contributed by atoms with Crippen LogP contribution >= 0.6 is 11.6 Å². The largest absolute Gasteiger partial charge is 0.495 e. The number of nitrogens with one attached hydrogen (secondary N) is 1. The second-order valence-corrected chi connectivity index (χ2v) is 12.7. The van der Waals surface area contributed by atoms with Crippen molar-refractivity contribution in [3.05, 3.63) is 76.8 Å². The third-order valence-electron chi connectivity index (χ3n) is 6.88. The predicted molar refractivity (Wildman–Crippen MR) is 171 cm³/mol. The Kier molecular flexibility index (Phi) is 11.9. The molecule has 0 radical (unpaired) electrons. The molecule has 0 spiro atoms. The Labute approximate surface area is 264 Å². The first-order chi connectivity index (χ1) is 20.9. The number of nitrogens with zero attached hydrogens (tertiary/aromatic N) is 2. The number of rotatable bonds is 14. The first-order valence-corrected chi connectivity index (χ1v) is 15.9. The van der Waals surface area contributed by atoms with Crippen molar-refractivity contribution in [2.75, 3.05) is 32.2 Å². The van der Waals surface area contributed by atoms with Gasteiger partial charge in [-0.1, -0.05) is 48.4 Å². The Morgan fingerprint density at radius 3 is 2.16 bits per heavy atom. The molecule has 0 aliphatic rings. The van der Waals surface area contributed by atoms with E-state index in [1.807, 2.05) is 45.0 Å². The van der Waals surface area contributed by atoms with Crippen LogP contribution in [0.5, 0.6) is 17.2 Å². The molecule has 1 N–H and O–H groups in total. The summed E-state index contributed by atoms with van der Waals surface area (Å²) in [5.41, 5.74) is 1.83. The second-order valence-electron chi connectivity index (χ2n) is 10.4. The van der Waals surface area contributed by atoms with Crippen LogP contribution in [0, 0.1) is 6.92 Å². The summed E-state index contributed by atoms with van der Waals surface area (Å²) < 4.78 is 45.7. The van der Waals surface area contributed by atoms with Crippen molar-refractivity contribution in [2.45, 2.75) is 57.6 Å². The molecule has 0 bridgehead atoms. The summed E-state index contributed by atoms with van der Waals surface area (Å²) in [5.74, 6) is -0.223. The minimum absolute atomic E-state index is 0.0540. The van der Waals surface area contributed by atoms with Crippen molar-refractivity contribution in [3.8, 4) is 17.2 Å². The summed E-state index contributed by atoms with van der Waals surface area (Å²) in [7, 11) is -0.202. The van der Waals surface area contributed by atoms with Crippen molar-refractivity contribution >= 4 is 39.1 Å². The van der Waals surface area contributed by atoms with E-state index in [1.165, 1.54) is 56.6 Å². The zero-order chi connectivity index (χ0) is 32.6. The Bertz CT molecular complexity index is 1580. The monoisotopic (exact) mass is 645 g/mol. The summed E-state index contributed by atoms with van der Waals surface area (Å²) >= 11 is 6.32.